The molecule has 0 saturated carbocycles. The molecule has 0 bridgehead atoms. The highest BCUT2D eigenvalue weighted by Gasteiger charge is 2.19. The van der Waals surface area contributed by atoms with E-state index < -0.39 is 0 Å². The highest BCUT2D eigenvalue weighted by molar-refractivity contribution is 4.98. The van der Waals surface area contributed by atoms with Gasteiger partial charge in [0.1, 0.15) is 0 Å². The van der Waals surface area contributed by atoms with Gasteiger partial charge in [-0.25, -0.2) is 4.98 Å². The second-order valence-electron chi connectivity index (χ2n) is 6.30. The van der Waals surface area contributed by atoms with Crippen LogP contribution in [0.15, 0.2) is 12.5 Å². The second-order valence-corrected chi connectivity index (χ2v) is 6.30. The van der Waals surface area contributed by atoms with Crippen molar-refractivity contribution in [1.82, 2.24) is 14.9 Å². The summed E-state index contributed by atoms with van der Waals surface area (Å²) in [6, 6.07) is 0. The Bertz CT molecular complexity index is 360. The van der Waals surface area contributed by atoms with Crippen molar-refractivity contribution in [2.24, 2.45) is 5.41 Å². The Morgan fingerprint density at radius 1 is 1.35 bits per heavy atom. The summed E-state index contributed by atoms with van der Waals surface area (Å²) in [5.41, 5.74) is 1.58. The number of methoxy groups -OCH3 is 1. The summed E-state index contributed by atoms with van der Waals surface area (Å²) in [7, 11) is 1.73. The van der Waals surface area contributed by atoms with E-state index in [1.54, 1.807) is 7.11 Å². The molecular formula is C16H31N3O. The minimum atomic E-state index is 0.331. The lowest BCUT2D eigenvalue weighted by molar-refractivity contribution is 0.198. The molecule has 20 heavy (non-hydrogen) atoms. The number of nitrogens with zero attached hydrogens (tertiary/aromatic N) is 2. The lowest BCUT2D eigenvalue weighted by Gasteiger charge is -2.26. The van der Waals surface area contributed by atoms with Gasteiger partial charge in [-0.2, -0.15) is 0 Å². The Labute approximate surface area is 123 Å². The summed E-state index contributed by atoms with van der Waals surface area (Å²) in [5.74, 6) is 0. The SMILES string of the molecule is CCCCCC(C)(C)Cn1cncc1CNCCOC. The number of nitrogens with one attached hydrogen (secondary N) is 1. The van der Waals surface area contributed by atoms with Crippen molar-refractivity contribution in [1.29, 1.82) is 0 Å². The van der Waals surface area contributed by atoms with Gasteiger partial charge < -0.3 is 14.6 Å². The van der Waals surface area contributed by atoms with Crippen molar-refractivity contribution in [2.75, 3.05) is 20.3 Å². The van der Waals surface area contributed by atoms with Crippen LogP contribution in [0, 0.1) is 5.41 Å². The predicted molar refractivity (Wildman–Crippen MR) is 83.7 cm³/mol. The minimum Gasteiger partial charge on any atom is -0.383 e. The van der Waals surface area contributed by atoms with Crippen molar-refractivity contribution < 1.29 is 4.74 Å². The Balaban J connectivity index is 2.44. The summed E-state index contributed by atoms with van der Waals surface area (Å²) < 4.78 is 7.33. The molecule has 0 aliphatic carbocycles. The molecule has 116 valence electrons. The van der Waals surface area contributed by atoms with Crippen LogP contribution in [0.1, 0.15) is 52.1 Å². The van der Waals surface area contributed by atoms with E-state index in [-0.39, 0.29) is 0 Å². The van der Waals surface area contributed by atoms with Crippen molar-refractivity contribution >= 4 is 0 Å². The normalized spacial score (nSPS) is 12.0. The highest BCUT2D eigenvalue weighted by Crippen LogP contribution is 2.26. The standard InChI is InChI=1S/C16H31N3O/c1-5-6-7-8-16(2,3)13-19-14-18-12-15(19)11-17-9-10-20-4/h12,14,17H,5-11,13H2,1-4H3. The minimum absolute atomic E-state index is 0.331. The van der Waals surface area contributed by atoms with Crippen LogP contribution in [-0.2, 0) is 17.8 Å². The third kappa shape index (κ3) is 6.53. The van der Waals surface area contributed by atoms with E-state index in [1.165, 1.54) is 31.4 Å². The molecule has 1 aromatic rings. The molecule has 0 spiro atoms. The molecule has 1 heterocycles. The van der Waals surface area contributed by atoms with Crippen molar-refractivity contribution in [3.8, 4) is 0 Å². The predicted octanol–water partition coefficient (Wildman–Crippen LogP) is 3.23. The molecule has 1 rings (SSSR count). The quantitative estimate of drug-likeness (QED) is 0.633. The first-order valence-corrected chi connectivity index (χ1v) is 7.77. The fraction of sp³-hybridized carbons (Fsp3) is 0.812. The van der Waals surface area contributed by atoms with Crippen LogP contribution in [0.5, 0.6) is 0 Å². The molecule has 0 unspecified atom stereocenters. The van der Waals surface area contributed by atoms with Gasteiger partial charge in [0.15, 0.2) is 0 Å². The molecule has 0 aliphatic heterocycles. The van der Waals surface area contributed by atoms with E-state index in [4.69, 9.17) is 4.74 Å². The van der Waals surface area contributed by atoms with Gasteiger partial charge in [0.25, 0.3) is 0 Å². The maximum absolute atomic E-state index is 5.04. The van der Waals surface area contributed by atoms with Crippen molar-refractivity contribution in [2.45, 2.75) is 59.5 Å². The van der Waals surface area contributed by atoms with Crippen LogP contribution < -0.4 is 5.32 Å². The van der Waals surface area contributed by atoms with Crippen LogP contribution >= 0.6 is 0 Å². The monoisotopic (exact) mass is 281 g/mol. The number of ether oxygens (including phenoxy) is 1. The van der Waals surface area contributed by atoms with Gasteiger partial charge in [0.05, 0.1) is 18.6 Å². The van der Waals surface area contributed by atoms with E-state index in [1.807, 2.05) is 12.5 Å². The summed E-state index contributed by atoms with van der Waals surface area (Å²) in [4.78, 5) is 4.29. The molecule has 0 aliphatic rings. The number of unbranched alkanes of at least 4 members (excludes halogenated alkanes) is 2. The van der Waals surface area contributed by atoms with E-state index in [9.17, 15) is 0 Å². The first-order chi connectivity index (χ1) is 9.59. The average Bonchev–Trinajstić information content (AvgIpc) is 2.81. The first-order valence-electron chi connectivity index (χ1n) is 7.77. The van der Waals surface area contributed by atoms with Gasteiger partial charge in [-0.1, -0.05) is 40.0 Å². The number of aromatic nitrogens is 2. The number of hydrogen-bond donors (Lipinski definition) is 1. The Hall–Kier alpha value is -0.870. The molecular weight excluding hydrogens is 250 g/mol. The van der Waals surface area contributed by atoms with Crippen LogP contribution in [0.2, 0.25) is 0 Å². The fourth-order valence-corrected chi connectivity index (χ4v) is 2.42. The third-order valence-corrected chi connectivity index (χ3v) is 3.64. The Kier molecular flexibility index (Phi) is 7.85. The summed E-state index contributed by atoms with van der Waals surface area (Å²) >= 11 is 0. The summed E-state index contributed by atoms with van der Waals surface area (Å²) in [5, 5.41) is 3.38. The van der Waals surface area contributed by atoms with E-state index in [0.717, 1.165) is 26.2 Å². The van der Waals surface area contributed by atoms with Crippen molar-refractivity contribution in [3.63, 3.8) is 0 Å². The van der Waals surface area contributed by atoms with Gasteiger partial charge in [-0.05, 0) is 11.8 Å². The van der Waals surface area contributed by atoms with Gasteiger partial charge in [0, 0.05) is 32.9 Å². The Morgan fingerprint density at radius 3 is 2.85 bits per heavy atom. The number of rotatable bonds is 11. The van der Waals surface area contributed by atoms with Gasteiger partial charge in [0.2, 0.25) is 0 Å². The molecule has 4 nitrogen and oxygen atoms in total. The molecule has 0 aromatic carbocycles. The lowest BCUT2D eigenvalue weighted by Crippen LogP contribution is -2.24. The van der Waals surface area contributed by atoms with Gasteiger partial charge >= 0.3 is 0 Å². The molecule has 4 heteroatoms. The molecule has 1 aromatic heterocycles. The number of hydrogen-bond acceptors (Lipinski definition) is 3. The molecule has 0 atom stereocenters. The number of imidazole rings is 1. The largest absolute Gasteiger partial charge is 0.383 e. The highest BCUT2D eigenvalue weighted by atomic mass is 16.5. The van der Waals surface area contributed by atoms with E-state index in [0.29, 0.717) is 5.41 Å². The van der Waals surface area contributed by atoms with E-state index in [2.05, 4.69) is 35.6 Å². The zero-order chi connectivity index (χ0) is 14.8. The van der Waals surface area contributed by atoms with Gasteiger partial charge in [-0.3, -0.25) is 0 Å². The fourth-order valence-electron chi connectivity index (χ4n) is 2.42. The Morgan fingerprint density at radius 2 is 2.15 bits per heavy atom. The molecule has 0 saturated heterocycles. The summed E-state index contributed by atoms with van der Waals surface area (Å²) in [6.45, 7) is 10.5. The summed E-state index contributed by atoms with van der Waals surface area (Å²) in [6.07, 6.45) is 9.13. The van der Waals surface area contributed by atoms with Crippen LogP contribution in [0.3, 0.4) is 0 Å². The van der Waals surface area contributed by atoms with Crippen LogP contribution in [-0.4, -0.2) is 29.8 Å². The van der Waals surface area contributed by atoms with E-state index >= 15 is 0 Å². The van der Waals surface area contributed by atoms with Gasteiger partial charge in [-0.15, -0.1) is 0 Å². The van der Waals surface area contributed by atoms with Crippen LogP contribution in [0.4, 0.5) is 0 Å². The third-order valence-electron chi connectivity index (χ3n) is 3.64. The molecule has 0 radical (unpaired) electrons. The maximum Gasteiger partial charge on any atom is 0.0948 e. The van der Waals surface area contributed by atoms with Crippen molar-refractivity contribution in [3.05, 3.63) is 18.2 Å². The zero-order valence-electron chi connectivity index (χ0n) is 13.6. The molecule has 1 N–H and O–H groups in total. The van der Waals surface area contributed by atoms with Crippen LogP contribution in [0.25, 0.3) is 0 Å². The maximum atomic E-state index is 5.04. The second kappa shape index (κ2) is 9.14. The smallest absolute Gasteiger partial charge is 0.0948 e. The lowest BCUT2D eigenvalue weighted by atomic mass is 9.86. The molecule has 0 fully saturated rings. The topological polar surface area (TPSA) is 39.1 Å². The molecule has 0 amide bonds. The average molecular weight is 281 g/mol. The zero-order valence-corrected chi connectivity index (χ0v) is 13.6. The first kappa shape index (κ1) is 17.2.